The summed E-state index contributed by atoms with van der Waals surface area (Å²) in [6.07, 6.45) is 2.88. The Morgan fingerprint density at radius 2 is 2.30 bits per heavy atom. The van der Waals surface area contributed by atoms with Crippen molar-refractivity contribution in [2.24, 2.45) is 0 Å². The predicted molar refractivity (Wildman–Crippen MR) is 37.9 cm³/mol. The Balaban J connectivity index is 2.56. The molecule has 0 saturated carbocycles. The minimum Gasteiger partial charge on any atom is -0.480 e. The Kier molecular flexibility index (Phi) is 1.94. The first-order chi connectivity index (χ1) is 4.65. The van der Waals surface area contributed by atoms with Crippen molar-refractivity contribution in [3.05, 3.63) is 0 Å². The highest BCUT2D eigenvalue weighted by Gasteiger charge is 2.33. The van der Waals surface area contributed by atoms with Gasteiger partial charge < -0.3 is 10.4 Å². The van der Waals surface area contributed by atoms with E-state index in [9.17, 15) is 4.79 Å². The molecule has 0 radical (unpaired) electrons. The van der Waals surface area contributed by atoms with E-state index in [1.807, 2.05) is 0 Å². The smallest absolute Gasteiger partial charge is 0.323 e. The van der Waals surface area contributed by atoms with E-state index in [4.69, 9.17) is 5.11 Å². The van der Waals surface area contributed by atoms with E-state index in [0.29, 0.717) is 0 Å². The van der Waals surface area contributed by atoms with Gasteiger partial charge in [-0.3, -0.25) is 4.79 Å². The number of piperidine rings is 1. The van der Waals surface area contributed by atoms with Gasteiger partial charge in [0.15, 0.2) is 0 Å². The maximum atomic E-state index is 10.6. The van der Waals surface area contributed by atoms with Crippen LogP contribution in [0.3, 0.4) is 0 Å². The summed E-state index contributed by atoms with van der Waals surface area (Å²) in [4.78, 5) is 10.6. The van der Waals surface area contributed by atoms with E-state index in [2.05, 4.69) is 5.32 Å². The maximum absolute atomic E-state index is 10.6. The first-order valence-electron chi connectivity index (χ1n) is 3.63. The molecule has 0 amide bonds. The number of hydrogen-bond donors (Lipinski definition) is 2. The number of carboxylic acids is 1. The first kappa shape index (κ1) is 7.54. The molecule has 0 aromatic heterocycles. The Bertz CT molecular complexity index is 139. The lowest BCUT2D eigenvalue weighted by molar-refractivity contribution is -0.145. The van der Waals surface area contributed by atoms with Crippen molar-refractivity contribution in [2.45, 2.75) is 31.7 Å². The van der Waals surface area contributed by atoms with Crippen molar-refractivity contribution >= 4 is 5.97 Å². The number of carboxylic acid groups (broad SMARTS) is 1. The van der Waals surface area contributed by atoms with Gasteiger partial charge in [0.1, 0.15) is 5.54 Å². The molecule has 2 N–H and O–H groups in total. The van der Waals surface area contributed by atoms with Crippen LogP contribution in [0.15, 0.2) is 0 Å². The predicted octanol–water partition coefficient (Wildman–Crippen LogP) is 0.603. The summed E-state index contributed by atoms with van der Waals surface area (Å²) in [5.74, 6) is -0.729. The third kappa shape index (κ3) is 1.29. The summed E-state index contributed by atoms with van der Waals surface area (Å²) in [6, 6.07) is 0. The van der Waals surface area contributed by atoms with Gasteiger partial charge in [0.2, 0.25) is 0 Å². The molecule has 0 spiro atoms. The molecule has 1 rings (SSSR count). The lowest BCUT2D eigenvalue weighted by Crippen LogP contribution is -2.52. The van der Waals surface area contributed by atoms with E-state index in [0.717, 1.165) is 25.8 Å². The third-order valence-corrected chi connectivity index (χ3v) is 2.09. The van der Waals surface area contributed by atoms with Crippen molar-refractivity contribution < 1.29 is 9.90 Å². The minimum atomic E-state index is -0.729. The van der Waals surface area contributed by atoms with Crippen LogP contribution in [0.4, 0.5) is 0 Å². The highest BCUT2D eigenvalue weighted by Crippen LogP contribution is 2.18. The van der Waals surface area contributed by atoms with Crippen LogP contribution in [0, 0.1) is 0 Å². The lowest BCUT2D eigenvalue weighted by Gasteiger charge is -2.30. The van der Waals surface area contributed by atoms with Gasteiger partial charge in [-0.05, 0) is 32.7 Å². The molecule has 1 heterocycles. The number of carbonyl (C=O) groups is 1. The van der Waals surface area contributed by atoms with Crippen LogP contribution in [0.25, 0.3) is 0 Å². The Labute approximate surface area is 60.4 Å². The summed E-state index contributed by atoms with van der Waals surface area (Å²) < 4.78 is 0. The molecular formula is C7H13NO2. The molecule has 1 saturated heterocycles. The van der Waals surface area contributed by atoms with E-state index in [1.54, 1.807) is 6.92 Å². The summed E-state index contributed by atoms with van der Waals surface area (Å²) in [5.41, 5.74) is -0.655. The highest BCUT2D eigenvalue weighted by molar-refractivity contribution is 5.78. The highest BCUT2D eigenvalue weighted by atomic mass is 16.4. The molecule has 0 aliphatic carbocycles. The van der Waals surface area contributed by atoms with Crippen molar-refractivity contribution in [1.29, 1.82) is 0 Å². The van der Waals surface area contributed by atoms with Gasteiger partial charge in [0.05, 0.1) is 0 Å². The van der Waals surface area contributed by atoms with Crippen molar-refractivity contribution in [2.75, 3.05) is 6.54 Å². The summed E-state index contributed by atoms with van der Waals surface area (Å²) in [5, 5.41) is 11.7. The van der Waals surface area contributed by atoms with Crippen LogP contribution in [-0.2, 0) is 4.79 Å². The van der Waals surface area contributed by atoms with Gasteiger partial charge in [0.25, 0.3) is 0 Å². The average Bonchev–Trinajstić information content (AvgIpc) is 1.89. The molecule has 1 aliphatic rings. The maximum Gasteiger partial charge on any atom is 0.323 e. The molecule has 3 nitrogen and oxygen atoms in total. The fraction of sp³-hybridized carbons (Fsp3) is 0.857. The molecule has 0 unspecified atom stereocenters. The largest absolute Gasteiger partial charge is 0.480 e. The quantitative estimate of drug-likeness (QED) is 0.565. The number of aliphatic carboxylic acids is 1. The SMILES string of the molecule is C[C@@]1(C(=O)O)CCCCN1. The van der Waals surface area contributed by atoms with E-state index >= 15 is 0 Å². The minimum absolute atomic E-state index is 0.655. The van der Waals surface area contributed by atoms with Gasteiger partial charge in [-0.25, -0.2) is 0 Å². The molecule has 1 aliphatic heterocycles. The van der Waals surface area contributed by atoms with Crippen LogP contribution in [-0.4, -0.2) is 23.2 Å². The molecule has 0 aromatic rings. The van der Waals surface area contributed by atoms with Crippen molar-refractivity contribution in [3.63, 3.8) is 0 Å². The Hall–Kier alpha value is -0.570. The van der Waals surface area contributed by atoms with Crippen LogP contribution in [0.2, 0.25) is 0 Å². The standard InChI is InChI=1S/C7H13NO2/c1-7(6(9)10)4-2-3-5-8-7/h8H,2-5H2,1H3,(H,9,10)/t7-/m0/s1. The Morgan fingerprint density at radius 3 is 2.60 bits per heavy atom. The summed E-state index contributed by atoms with van der Waals surface area (Å²) in [6.45, 7) is 2.58. The number of hydrogen-bond acceptors (Lipinski definition) is 2. The summed E-state index contributed by atoms with van der Waals surface area (Å²) in [7, 11) is 0. The normalized spacial score (nSPS) is 33.7. The molecule has 0 bridgehead atoms. The second-order valence-electron chi connectivity index (χ2n) is 3.02. The zero-order valence-corrected chi connectivity index (χ0v) is 6.18. The van der Waals surface area contributed by atoms with Crippen LogP contribution >= 0.6 is 0 Å². The molecule has 0 aromatic carbocycles. The fourth-order valence-corrected chi connectivity index (χ4v) is 1.24. The molecule has 58 valence electrons. The lowest BCUT2D eigenvalue weighted by atomic mass is 9.91. The van der Waals surface area contributed by atoms with Crippen molar-refractivity contribution in [1.82, 2.24) is 5.32 Å². The fourth-order valence-electron chi connectivity index (χ4n) is 1.24. The van der Waals surface area contributed by atoms with E-state index < -0.39 is 11.5 Å². The zero-order chi connectivity index (χ0) is 7.61. The molecular weight excluding hydrogens is 130 g/mol. The molecule has 1 fully saturated rings. The second kappa shape index (κ2) is 2.58. The van der Waals surface area contributed by atoms with Crippen LogP contribution in [0.1, 0.15) is 26.2 Å². The van der Waals surface area contributed by atoms with Gasteiger partial charge in [0, 0.05) is 0 Å². The topological polar surface area (TPSA) is 49.3 Å². The summed E-state index contributed by atoms with van der Waals surface area (Å²) >= 11 is 0. The van der Waals surface area contributed by atoms with Crippen LogP contribution in [0.5, 0.6) is 0 Å². The molecule has 3 heteroatoms. The molecule has 10 heavy (non-hydrogen) atoms. The third-order valence-electron chi connectivity index (χ3n) is 2.09. The van der Waals surface area contributed by atoms with Gasteiger partial charge >= 0.3 is 5.97 Å². The number of nitrogens with one attached hydrogen (secondary N) is 1. The van der Waals surface area contributed by atoms with E-state index in [-0.39, 0.29) is 0 Å². The van der Waals surface area contributed by atoms with E-state index in [1.165, 1.54) is 0 Å². The molecule has 1 atom stereocenters. The average molecular weight is 143 g/mol. The van der Waals surface area contributed by atoms with Crippen LogP contribution < -0.4 is 5.32 Å². The monoisotopic (exact) mass is 143 g/mol. The first-order valence-corrected chi connectivity index (χ1v) is 3.63. The zero-order valence-electron chi connectivity index (χ0n) is 6.18. The Morgan fingerprint density at radius 1 is 1.60 bits per heavy atom. The van der Waals surface area contributed by atoms with Gasteiger partial charge in [-0.2, -0.15) is 0 Å². The van der Waals surface area contributed by atoms with Crippen molar-refractivity contribution in [3.8, 4) is 0 Å². The second-order valence-corrected chi connectivity index (χ2v) is 3.02. The van der Waals surface area contributed by atoms with Gasteiger partial charge in [-0.1, -0.05) is 0 Å². The number of rotatable bonds is 1. The van der Waals surface area contributed by atoms with Gasteiger partial charge in [-0.15, -0.1) is 0 Å².